The second-order valence-corrected chi connectivity index (χ2v) is 9.71. The number of aryl methyl sites for hydroxylation is 1. The number of nitrogens with one attached hydrogen (secondary N) is 1. The molecule has 0 aromatic heterocycles. The Balaban J connectivity index is 2.37. The molecular weight excluding hydrogens is 386 g/mol. The van der Waals surface area contributed by atoms with E-state index >= 15 is 0 Å². The molecule has 0 heterocycles. The lowest BCUT2D eigenvalue weighted by Crippen LogP contribution is -2.33. The normalized spacial score (nSPS) is 13.0. The van der Waals surface area contributed by atoms with Crippen LogP contribution in [0.25, 0.3) is 0 Å². The van der Waals surface area contributed by atoms with E-state index in [1.165, 1.54) is 5.56 Å². The summed E-state index contributed by atoms with van der Waals surface area (Å²) in [5.41, 5.74) is 3.75. The monoisotopic (exact) mass is 425 g/mol. The Kier molecular flexibility index (Phi) is 7.80. The Bertz CT molecular complexity index is 915. The van der Waals surface area contributed by atoms with Crippen LogP contribution in [0.3, 0.4) is 0 Å². The highest BCUT2D eigenvalue weighted by Gasteiger charge is 2.29. The van der Waals surface area contributed by atoms with Crippen LogP contribution in [0.5, 0.6) is 11.5 Å². The molecule has 4 heteroatoms. The fourth-order valence-corrected chi connectivity index (χ4v) is 3.42. The molecule has 0 radical (unpaired) electrons. The van der Waals surface area contributed by atoms with Gasteiger partial charge < -0.3 is 15.2 Å². The van der Waals surface area contributed by atoms with Crippen molar-refractivity contribution in [2.75, 3.05) is 5.32 Å². The standard InChI is InChI=1S/C27H39NO3/c1-9-23(25(30)28-21-16-18(4)12-14-22(21)29)31-24-15-13-19(26(5,6)10-2)17-20(24)27(7,8)11-3/h12-17,23,29H,9-11H2,1-8H3,(H,28,30). The van der Waals surface area contributed by atoms with Gasteiger partial charge in [0.25, 0.3) is 5.91 Å². The molecule has 0 saturated carbocycles. The van der Waals surface area contributed by atoms with E-state index < -0.39 is 6.10 Å². The highest BCUT2D eigenvalue weighted by Crippen LogP contribution is 2.39. The fraction of sp³-hybridized carbons (Fsp3) is 0.519. The molecule has 2 aromatic carbocycles. The second-order valence-electron chi connectivity index (χ2n) is 9.71. The molecule has 1 unspecified atom stereocenters. The molecule has 0 aliphatic carbocycles. The molecule has 0 aliphatic rings. The highest BCUT2D eigenvalue weighted by atomic mass is 16.5. The lowest BCUT2D eigenvalue weighted by molar-refractivity contribution is -0.122. The molecule has 31 heavy (non-hydrogen) atoms. The maximum absolute atomic E-state index is 13.0. The van der Waals surface area contributed by atoms with Crippen LogP contribution in [-0.2, 0) is 15.6 Å². The third-order valence-electron chi connectivity index (χ3n) is 6.60. The van der Waals surface area contributed by atoms with Crippen LogP contribution in [0.2, 0.25) is 0 Å². The van der Waals surface area contributed by atoms with Crippen LogP contribution in [-0.4, -0.2) is 17.1 Å². The van der Waals surface area contributed by atoms with E-state index in [-0.39, 0.29) is 22.5 Å². The van der Waals surface area contributed by atoms with Crippen LogP contribution in [0, 0.1) is 6.92 Å². The van der Waals surface area contributed by atoms with Gasteiger partial charge in [-0.3, -0.25) is 4.79 Å². The molecule has 1 amide bonds. The zero-order chi connectivity index (χ0) is 23.4. The summed E-state index contributed by atoms with van der Waals surface area (Å²) < 4.78 is 6.29. The van der Waals surface area contributed by atoms with Crippen molar-refractivity contribution in [2.45, 2.75) is 91.6 Å². The Morgan fingerprint density at radius 1 is 1.00 bits per heavy atom. The number of anilines is 1. The van der Waals surface area contributed by atoms with Gasteiger partial charge >= 0.3 is 0 Å². The van der Waals surface area contributed by atoms with Crippen molar-refractivity contribution >= 4 is 11.6 Å². The topological polar surface area (TPSA) is 58.6 Å². The number of hydrogen-bond acceptors (Lipinski definition) is 3. The zero-order valence-corrected chi connectivity index (χ0v) is 20.4. The fourth-order valence-electron chi connectivity index (χ4n) is 3.42. The minimum Gasteiger partial charge on any atom is -0.506 e. The quantitative estimate of drug-likeness (QED) is 0.431. The number of carbonyl (C=O) groups excluding carboxylic acids is 1. The van der Waals surface area contributed by atoms with Crippen LogP contribution in [0.1, 0.15) is 84.4 Å². The van der Waals surface area contributed by atoms with Crippen LogP contribution in [0.15, 0.2) is 36.4 Å². The van der Waals surface area contributed by atoms with E-state index in [0.29, 0.717) is 12.1 Å². The number of hydrogen-bond donors (Lipinski definition) is 2. The number of aromatic hydroxyl groups is 1. The van der Waals surface area contributed by atoms with Gasteiger partial charge in [0.15, 0.2) is 6.10 Å². The Labute approximate surface area is 188 Å². The summed E-state index contributed by atoms with van der Waals surface area (Å²) in [5.74, 6) is 0.535. The largest absolute Gasteiger partial charge is 0.506 e. The van der Waals surface area contributed by atoms with Gasteiger partial charge in [0.05, 0.1) is 5.69 Å². The van der Waals surface area contributed by atoms with Gasteiger partial charge in [0, 0.05) is 5.56 Å². The van der Waals surface area contributed by atoms with Crippen molar-refractivity contribution in [3.63, 3.8) is 0 Å². The highest BCUT2D eigenvalue weighted by molar-refractivity contribution is 5.95. The van der Waals surface area contributed by atoms with Gasteiger partial charge in [-0.1, -0.05) is 66.7 Å². The molecule has 2 aromatic rings. The number of rotatable bonds is 9. The predicted molar refractivity (Wildman–Crippen MR) is 129 cm³/mol. The van der Waals surface area contributed by atoms with E-state index in [1.54, 1.807) is 18.2 Å². The van der Waals surface area contributed by atoms with Crippen molar-refractivity contribution in [3.8, 4) is 11.5 Å². The molecule has 170 valence electrons. The van der Waals surface area contributed by atoms with Gasteiger partial charge in [0.1, 0.15) is 11.5 Å². The molecule has 4 nitrogen and oxygen atoms in total. The van der Waals surface area contributed by atoms with Gasteiger partial charge in [0.2, 0.25) is 0 Å². The summed E-state index contributed by atoms with van der Waals surface area (Å²) >= 11 is 0. The second kappa shape index (κ2) is 9.76. The maximum atomic E-state index is 13.0. The van der Waals surface area contributed by atoms with E-state index in [9.17, 15) is 9.90 Å². The molecule has 0 aliphatic heterocycles. The number of phenolic OH excluding ortho intramolecular Hbond substituents is 1. The molecule has 0 bridgehead atoms. The van der Waals surface area contributed by atoms with Crippen molar-refractivity contribution in [1.29, 1.82) is 0 Å². The number of ether oxygens (including phenoxy) is 1. The first-order valence-electron chi connectivity index (χ1n) is 11.4. The Morgan fingerprint density at radius 2 is 1.65 bits per heavy atom. The van der Waals surface area contributed by atoms with Gasteiger partial charge in [-0.05, 0) is 66.3 Å². The van der Waals surface area contributed by atoms with Gasteiger partial charge in [-0.25, -0.2) is 0 Å². The Morgan fingerprint density at radius 3 is 2.23 bits per heavy atom. The molecule has 0 fully saturated rings. The maximum Gasteiger partial charge on any atom is 0.265 e. The van der Waals surface area contributed by atoms with Gasteiger partial charge in [-0.15, -0.1) is 0 Å². The average molecular weight is 426 g/mol. The molecule has 2 N–H and O–H groups in total. The van der Waals surface area contributed by atoms with Crippen LogP contribution >= 0.6 is 0 Å². The van der Waals surface area contributed by atoms with Crippen molar-refractivity contribution in [3.05, 3.63) is 53.1 Å². The summed E-state index contributed by atoms with van der Waals surface area (Å²) in [5, 5.41) is 12.9. The molecular formula is C27H39NO3. The van der Waals surface area contributed by atoms with E-state index in [1.807, 2.05) is 19.9 Å². The van der Waals surface area contributed by atoms with Crippen molar-refractivity contribution in [1.82, 2.24) is 0 Å². The average Bonchev–Trinajstić information content (AvgIpc) is 2.74. The summed E-state index contributed by atoms with van der Waals surface area (Å²) in [4.78, 5) is 13.0. The van der Waals surface area contributed by atoms with Crippen molar-refractivity contribution in [2.24, 2.45) is 0 Å². The molecule has 0 spiro atoms. The smallest absolute Gasteiger partial charge is 0.265 e. The summed E-state index contributed by atoms with van der Waals surface area (Å²) in [6.07, 6.45) is 1.86. The first-order chi connectivity index (χ1) is 14.4. The molecule has 2 rings (SSSR count). The zero-order valence-electron chi connectivity index (χ0n) is 20.4. The van der Waals surface area contributed by atoms with E-state index in [0.717, 1.165) is 29.7 Å². The SMILES string of the molecule is CCC(Oc1ccc(C(C)(C)CC)cc1C(C)(C)CC)C(=O)Nc1cc(C)ccc1O. The van der Waals surface area contributed by atoms with Crippen molar-refractivity contribution < 1.29 is 14.6 Å². The van der Waals surface area contributed by atoms with Crippen LogP contribution < -0.4 is 10.1 Å². The summed E-state index contributed by atoms with van der Waals surface area (Å²) in [7, 11) is 0. The summed E-state index contributed by atoms with van der Waals surface area (Å²) in [6, 6.07) is 11.5. The number of phenols is 1. The lowest BCUT2D eigenvalue weighted by atomic mass is 9.76. The first-order valence-corrected chi connectivity index (χ1v) is 11.4. The third-order valence-corrected chi connectivity index (χ3v) is 6.60. The first kappa shape index (κ1) is 24.8. The Hall–Kier alpha value is -2.49. The lowest BCUT2D eigenvalue weighted by Gasteiger charge is -2.31. The molecule has 1 atom stereocenters. The predicted octanol–water partition coefficient (Wildman–Crippen LogP) is 6.87. The third kappa shape index (κ3) is 5.81. The minimum atomic E-state index is -0.656. The van der Waals surface area contributed by atoms with E-state index in [2.05, 4.69) is 59.0 Å². The summed E-state index contributed by atoms with van der Waals surface area (Å²) in [6.45, 7) is 17.2. The number of carbonyl (C=O) groups is 1. The molecule has 0 saturated heterocycles. The van der Waals surface area contributed by atoms with Gasteiger partial charge in [-0.2, -0.15) is 0 Å². The number of benzene rings is 2. The van der Waals surface area contributed by atoms with Crippen LogP contribution in [0.4, 0.5) is 5.69 Å². The van der Waals surface area contributed by atoms with E-state index in [4.69, 9.17) is 4.74 Å². The number of amides is 1. The minimum absolute atomic E-state index is 0.0489.